The zero-order valence-corrected chi connectivity index (χ0v) is 13.9. The first-order chi connectivity index (χ1) is 11.9. The number of benzene rings is 1. The van der Waals surface area contributed by atoms with Crippen LogP contribution in [0.4, 0.5) is 13.2 Å². The summed E-state index contributed by atoms with van der Waals surface area (Å²) in [5.41, 5.74) is 3.70. The molecule has 0 saturated heterocycles. The molecule has 0 aliphatic rings. The highest BCUT2D eigenvalue weighted by Gasteiger charge is 2.32. The summed E-state index contributed by atoms with van der Waals surface area (Å²) in [5, 5.41) is 0. The molecule has 0 saturated carbocycles. The molecule has 2 heterocycles. The maximum absolute atomic E-state index is 12.9. The Morgan fingerprint density at radius 1 is 1.08 bits per heavy atom. The smallest absolute Gasteiger partial charge is 0.348 e. The van der Waals surface area contributed by atoms with Gasteiger partial charge in [0.25, 0.3) is 0 Å². The van der Waals surface area contributed by atoms with Crippen LogP contribution in [0, 0.1) is 13.8 Å². The first-order valence-electron chi connectivity index (χ1n) is 7.94. The van der Waals surface area contributed by atoms with Crippen molar-refractivity contribution in [2.45, 2.75) is 32.4 Å². The van der Waals surface area contributed by atoms with Crippen molar-refractivity contribution >= 4 is 0 Å². The number of nitrogens with one attached hydrogen (secondary N) is 1. The largest absolute Gasteiger partial charge is 0.433 e. The van der Waals surface area contributed by atoms with Crippen molar-refractivity contribution in [2.24, 2.45) is 0 Å². The molecule has 130 valence electrons. The number of nitrogens with zero attached hydrogens (tertiary/aromatic N) is 2. The molecule has 1 aromatic carbocycles. The molecule has 0 amide bonds. The van der Waals surface area contributed by atoms with Crippen LogP contribution in [0.25, 0.3) is 0 Å². The van der Waals surface area contributed by atoms with Gasteiger partial charge in [-0.25, -0.2) is 9.97 Å². The van der Waals surface area contributed by atoms with Crippen molar-refractivity contribution in [2.75, 3.05) is 0 Å². The summed E-state index contributed by atoms with van der Waals surface area (Å²) in [7, 11) is 0. The van der Waals surface area contributed by atoms with Gasteiger partial charge >= 0.3 is 6.18 Å². The lowest BCUT2D eigenvalue weighted by Crippen LogP contribution is -2.13. The third kappa shape index (κ3) is 3.73. The van der Waals surface area contributed by atoms with Crippen LogP contribution in [0.1, 0.15) is 39.7 Å². The van der Waals surface area contributed by atoms with Gasteiger partial charge in [0, 0.05) is 29.9 Å². The Labute approximate surface area is 144 Å². The minimum absolute atomic E-state index is 0.140. The van der Waals surface area contributed by atoms with E-state index in [-0.39, 0.29) is 5.92 Å². The summed E-state index contributed by atoms with van der Waals surface area (Å²) in [5.74, 6) is -0.140. The van der Waals surface area contributed by atoms with E-state index in [1.54, 1.807) is 18.6 Å². The highest BCUT2D eigenvalue weighted by atomic mass is 19.4. The van der Waals surface area contributed by atoms with Gasteiger partial charge in [-0.2, -0.15) is 13.2 Å². The van der Waals surface area contributed by atoms with Crippen LogP contribution in [-0.4, -0.2) is 15.0 Å². The SMILES string of the molecule is Cc1cccc([C@H](Cc2cccc(C(F)(F)F)n2)c2cnc[nH]2)c1C. The molecule has 0 unspecified atom stereocenters. The van der Waals surface area contributed by atoms with Gasteiger partial charge in [-0.15, -0.1) is 0 Å². The number of aromatic nitrogens is 3. The Morgan fingerprint density at radius 2 is 1.84 bits per heavy atom. The van der Waals surface area contributed by atoms with Crippen molar-refractivity contribution in [3.63, 3.8) is 0 Å². The topological polar surface area (TPSA) is 41.6 Å². The lowest BCUT2D eigenvalue weighted by atomic mass is 9.87. The van der Waals surface area contributed by atoms with Crippen molar-refractivity contribution < 1.29 is 13.2 Å². The Morgan fingerprint density at radius 3 is 2.52 bits per heavy atom. The van der Waals surface area contributed by atoms with Crippen LogP contribution >= 0.6 is 0 Å². The number of hydrogen-bond acceptors (Lipinski definition) is 2. The van der Waals surface area contributed by atoms with E-state index in [1.165, 1.54) is 6.07 Å². The molecule has 3 rings (SSSR count). The molecule has 0 aliphatic heterocycles. The lowest BCUT2D eigenvalue weighted by molar-refractivity contribution is -0.141. The predicted molar refractivity (Wildman–Crippen MR) is 89.3 cm³/mol. The third-order valence-electron chi connectivity index (χ3n) is 4.43. The fraction of sp³-hybridized carbons (Fsp3) is 0.263. The van der Waals surface area contributed by atoms with Gasteiger partial charge in [-0.05, 0) is 42.7 Å². The standard InChI is InChI=1S/C19H18F3N3/c1-12-5-3-7-15(13(12)2)16(17-10-23-11-24-17)9-14-6-4-8-18(25-14)19(20,21)22/h3-8,10-11,16H,9H2,1-2H3,(H,23,24)/t16-/m0/s1. The van der Waals surface area contributed by atoms with Crippen molar-refractivity contribution in [1.82, 2.24) is 15.0 Å². The van der Waals surface area contributed by atoms with Crippen molar-refractivity contribution in [1.29, 1.82) is 0 Å². The first kappa shape index (κ1) is 17.2. The number of aryl methyl sites for hydroxylation is 1. The van der Waals surface area contributed by atoms with Crippen molar-refractivity contribution in [3.8, 4) is 0 Å². The number of H-pyrrole nitrogens is 1. The summed E-state index contributed by atoms with van der Waals surface area (Å²) >= 11 is 0. The zero-order valence-electron chi connectivity index (χ0n) is 13.9. The molecule has 3 nitrogen and oxygen atoms in total. The average Bonchev–Trinajstić information content (AvgIpc) is 3.09. The minimum Gasteiger partial charge on any atom is -0.348 e. The fourth-order valence-electron chi connectivity index (χ4n) is 2.96. The number of imidazole rings is 1. The summed E-state index contributed by atoms with van der Waals surface area (Å²) in [4.78, 5) is 11.0. The van der Waals surface area contributed by atoms with Crippen molar-refractivity contribution in [3.05, 3.63) is 82.7 Å². The molecule has 0 radical (unpaired) electrons. The predicted octanol–water partition coefficient (Wildman–Crippen LogP) is 4.81. The summed E-state index contributed by atoms with van der Waals surface area (Å²) in [6.45, 7) is 4.04. The molecule has 1 N–H and O–H groups in total. The van der Waals surface area contributed by atoms with E-state index < -0.39 is 11.9 Å². The summed E-state index contributed by atoms with van der Waals surface area (Å²) < 4.78 is 38.8. The zero-order chi connectivity index (χ0) is 18.0. The number of rotatable bonds is 4. The fourth-order valence-corrected chi connectivity index (χ4v) is 2.96. The molecular weight excluding hydrogens is 327 g/mol. The summed E-state index contributed by atoms with van der Waals surface area (Å²) in [6.07, 6.45) is -0.803. The second kappa shape index (κ2) is 6.70. The monoisotopic (exact) mass is 345 g/mol. The van der Waals surface area contributed by atoms with E-state index >= 15 is 0 Å². The van der Waals surface area contributed by atoms with E-state index in [1.807, 2.05) is 32.0 Å². The Balaban J connectivity index is 2.01. The van der Waals surface area contributed by atoms with Crippen LogP contribution in [0.3, 0.4) is 0 Å². The van der Waals surface area contributed by atoms with Gasteiger partial charge in [0.2, 0.25) is 0 Å². The molecule has 0 aliphatic carbocycles. The number of alkyl halides is 3. The van der Waals surface area contributed by atoms with Crippen LogP contribution in [0.15, 0.2) is 48.9 Å². The van der Waals surface area contributed by atoms with Crippen LogP contribution in [0.2, 0.25) is 0 Å². The summed E-state index contributed by atoms with van der Waals surface area (Å²) in [6, 6.07) is 10.0. The van der Waals surface area contributed by atoms with E-state index in [9.17, 15) is 13.2 Å². The molecular formula is C19H18F3N3. The second-order valence-electron chi connectivity index (χ2n) is 6.06. The molecule has 6 heteroatoms. The molecule has 0 fully saturated rings. The van der Waals surface area contributed by atoms with Crippen LogP contribution in [0.5, 0.6) is 0 Å². The number of pyridine rings is 1. The Hall–Kier alpha value is -2.63. The number of hydrogen-bond donors (Lipinski definition) is 1. The quantitative estimate of drug-likeness (QED) is 0.737. The van der Waals surface area contributed by atoms with Gasteiger partial charge in [0.05, 0.1) is 6.33 Å². The van der Waals surface area contributed by atoms with Gasteiger partial charge < -0.3 is 4.98 Å². The lowest BCUT2D eigenvalue weighted by Gasteiger charge is -2.19. The molecule has 0 bridgehead atoms. The van der Waals surface area contributed by atoms with Gasteiger partial charge in [-0.1, -0.05) is 24.3 Å². The molecule has 25 heavy (non-hydrogen) atoms. The Bertz CT molecular complexity index is 855. The van der Waals surface area contributed by atoms with Gasteiger partial charge in [0.15, 0.2) is 0 Å². The second-order valence-corrected chi connectivity index (χ2v) is 6.06. The minimum atomic E-state index is -4.45. The van der Waals surface area contributed by atoms with E-state index in [2.05, 4.69) is 15.0 Å². The third-order valence-corrected chi connectivity index (χ3v) is 4.43. The molecule has 1 atom stereocenters. The van der Waals surface area contributed by atoms with E-state index in [4.69, 9.17) is 0 Å². The molecule has 0 spiro atoms. The van der Waals surface area contributed by atoms with Gasteiger partial charge in [0.1, 0.15) is 5.69 Å². The molecule has 2 aromatic heterocycles. The highest BCUT2D eigenvalue weighted by Crippen LogP contribution is 2.32. The maximum atomic E-state index is 12.9. The number of halogens is 3. The first-order valence-corrected chi connectivity index (χ1v) is 7.94. The normalized spacial score (nSPS) is 13.0. The Kier molecular flexibility index (Phi) is 4.61. The van der Waals surface area contributed by atoms with E-state index in [0.717, 1.165) is 28.5 Å². The van der Waals surface area contributed by atoms with Crippen LogP contribution < -0.4 is 0 Å². The maximum Gasteiger partial charge on any atom is 0.433 e. The van der Waals surface area contributed by atoms with E-state index in [0.29, 0.717) is 12.1 Å². The van der Waals surface area contributed by atoms with Crippen LogP contribution in [-0.2, 0) is 12.6 Å². The number of aromatic amines is 1. The van der Waals surface area contributed by atoms with Gasteiger partial charge in [-0.3, -0.25) is 0 Å². The average molecular weight is 345 g/mol. The highest BCUT2D eigenvalue weighted by molar-refractivity contribution is 5.40. The molecule has 3 aromatic rings.